The number of amides is 1. The number of carbonyl (C=O) groups is 2. The van der Waals surface area contributed by atoms with E-state index in [2.05, 4.69) is 5.32 Å². The number of benzene rings is 2. The second-order valence-electron chi connectivity index (χ2n) is 7.42. The molecule has 1 heterocycles. The van der Waals surface area contributed by atoms with Crippen LogP contribution in [0.5, 0.6) is 17.2 Å². The lowest BCUT2D eigenvalue weighted by Crippen LogP contribution is -2.30. The molecule has 3 rings (SSSR count). The van der Waals surface area contributed by atoms with E-state index in [4.69, 9.17) is 18.9 Å². The Labute approximate surface area is 181 Å². The number of methoxy groups -OCH3 is 1. The number of ether oxygens (including phenoxy) is 4. The van der Waals surface area contributed by atoms with Crippen molar-refractivity contribution in [1.82, 2.24) is 0 Å². The van der Waals surface area contributed by atoms with E-state index in [9.17, 15) is 9.59 Å². The number of nitrogens with one attached hydrogen (secondary N) is 1. The number of carbonyl (C=O) groups excluding carboxylic acids is 2. The molecule has 1 aliphatic rings. The van der Waals surface area contributed by atoms with E-state index >= 15 is 0 Å². The van der Waals surface area contributed by atoms with Crippen LogP contribution in [-0.2, 0) is 14.3 Å². The fourth-order valence-corrected chi connectivity index (χ4v) is 3.42. The Kier molecular flexibility index (Phi) is 6.84. The quantitative estimate of drug-likeness (QED) is 0.557. The van der Waals surface area contributed by atoms with Crippen molar-refractivity contribution < 1.29 is 28.5 Å². The Balaban J connectivity index is 1.64. The smallest absolute Gasteiger partial charge is 0.331 e. The molecule has 0 bridgehead atoms. The van der Waals surface area contributed by atoms with Crippen LogP contribution in [0.3, 0.4) is 0 Å². The minimum Gasteiger partial charge on any atom is -0.493 e. The van der Waals surface area contributed by atoms with Gasteiger partial charge in [0.15, 0.2) is 17.6 Å². The van der Waals surface area contributed by atoms with Gasteiger partial charge in [0, 0.05) is 11.8 Å². The molecular weight excluding hydrogens is 398 g/mol. The first-order valence-electron chi connectivity index (χ1n) is 10.0. The molecule has 7 nitrogen and oxygen atoms in total. The number of hydrogen-bond acceptors (Lipinski definition) is 6. The van der Waals surface area contributed by atoms with Gasteiger partial charge in [0.25, 0.3) is 5.91 Å². The molecular formula is C24H27NO6. The maximum absolute atomic E-state index is 12.5. The predicted octanol–water partition coefficient (Wildman–Crippen LogP) is 3.98. The van der Waals surface area contributed by atoms with Gasteiger partial charge in [-0.2, -0.15) is 0 Å². The molecule has 7 heteroatoms. The number of rotatable bonds is 6. The van der Waals surface area contributed by atoms with Crippen molar-refractivity contribution in [1.29, 1.82) is 0 Å². The average molecular weight is 425 g/mol. The van der Waals surface area contributed by atoms with Gasteiger partial charge >= 0.3 is 5.97 Å². The number of anilines is 1. The number of esters is 1. The molecule has 164 valence electrons. The van der Waals surface area contributed by atoms with Gasteiger partial charge in [-0.3, -0.25) is 4.79 Å². The lowest BCUT2D eigenvalue weighted by molar-refractivity contribution is -0.148. The van der Waals surface area contributed by atoms with Crippen LogP contribution in [0.15, 0.2) is 30.3 Å². The van der Waals surface area contributed by atoms with Crippen molar-refractivity contribution in [2.75, 3.05) is 25.6 Å². The summed E-state index contributed by atoms with van der Waals surface area (Å²) in [6.45, 7) is 8.28. The lowest BCUT2D eigenvalue weighted by Gasteiger charge is -2.21. The van der Waals surface area contributed by atoms with Gasteiger partial charge < -0.3 is 24.3 Å². The monoisotopic (exact) mass is 425 g/mol. The third-order valence-electron chi connectivity index (χ3n) is 4.85. The largest absolute Gasteiger partial charge is 0.493 e. The van der Waals surface area contributed by atoms with Crippen molar-refractivity contribution >= 4 is 23.6 Å². The van der Waals surface area contributed by atoms with Crippen LogP contribution < -0.4 is 19.5 Å². The third kappa shape index (κ3) is 5.36. The number of hydrogen-bond donors (Lipinski definition) is 1. The van der Waals surface area contributed by atoms with Gasteiger partial charge in [0.1, 0.15) is 13.2 Å². The Morgan fingerprint density at radius 1 is 1.06 bits per heavy atom. The minimum atomic E-state index is -0.952. The summed E-state index contributed by atoms with van der Waals surface area (Å²) in [5, 5.41) is 2.85. The minimum absolute atomic E-state index is 0.391. The molecule has 0 saturated heterocycles. The van der Waals surface area contributed by atoms with E-state index in [1.807, 2.05) is 32.9 Å². The van der Waals surface area contributed by atoms with E-state index in [0.717, 1.165) is 22.4 Å². The van der Waals surface area contributed by atoms with Crippen molar-refractivity contribution in [3.63, 3.8) is 0 Å². The van der Waals surface area contributed by atoms with Crippen LogP contribution in [0.4, 0.5) is 5.69 Å². The fraction of sp³-hybridized carbons (Fsp3) is 0.333. The van der Waals surface area contributed by atoms with Gasteiger partial charge in [-0.05, 0) is 62.6 Å². The first-order valence-corrected chi connectivity index (χ1v) is 10.0. The molecule has 2 aromatic rings. The van der Waals surface area contributed by atoms with Gasteiger partial charge in [0.05, 0.1) is 7.11 Å². The molecule has 31 heavy (non-hydrogen) atoms. The maximum atomic E-state index is 12.5. The molecule has 0 fully saturated rings. The molecule has 1 atom stereocenters. The van der Waals surface area contributed by atoms with Crippen LogP contribution in [0.25, 0.3) is 6.08 Å². The molecule has 0 spiro atoms. The molecule has 1 aliphatic heterocycles. The van der Waals surface area contributed by atoms with Gasteiger partial charge in [-0.15, -0.1) is 0 Å². The highest BCUT2D eigenvalue weighted by Crippen LogP contribution is 2.40. The van der Waals surface area contributed by atoms with E-state index in [-0.39, 0.29) is 0 Å². The van der Waals surface area contributed by atoms with E-state index in [0.29, 0.717) is 36.0 Å². The normalized spacial score (nSPS) is 13.6. The summed E-state index contributed by atoms with van der Waals surface area (Å²) in [7, 11) is 1.53. The van der Waals surface area contributed by atoms with Crippen LogP contribution >= 0.6 is 0 Å². The standard InChI is InChI=1S/C24H27NO6/c1-14-10-15(2)22(16(3)11-14)25-24(27)17(4)31-21(26)7-6-18-12-19(28-5)23-20(13-18)29-8-9-30-23/h6-7,10-13,17H,8-9H2,1-5H3,(H,25,27)/b7-6+/t17-/m1/s1. The number of fused-ring (bicyclic) bond motifs is 1. The van der Waals surface area contributed by atoms with E-state index < -0.39 is 18.0 Å². The summed E-state index contributed by atoms with van der Waals surface area (Å²) in [4.78, 5) is 24.7. The molecule has 1 amide bonds. The molecule has 1 N–H and O–H groups in total. The van der Waals surface area contributed by atoms with Crippen LogP contribution in [0.2, 0.25) is 0 Å². The Hall–Kier alpha value is -3.48. The maximum Gasteiger partial charge on any atom is 0.331 e. The van der Waals surface area contributed by atoms with Gasteiger partial charge in [0.2, 0.25) is 5.75 Å². The third-order valence-corrected chi connectivity index (χ3v) is 4.85. The zero-order valence-corrected chi connectivity index (χ0v) is 18.4. The topological polar surface area (TPSA) is 83.1 Å². The highest BCUT2D eigenvalue weighted by molar-refractivity contribution is 5.97. The Bertz CT molecular complexity index is 987. The summed E-state index contributed by atoms with van der Waals surface area (Å²) < 4.78 is 21.7. The molecule has 0 aromatic heterocycles. The second-order valence-corrected chi connectivity index (χ2v) is 7.42. The molecule has 0 unspecified atom stereocenters. The molecule has 0 saturated carbocycles. The van der Waals surface area contributed by atoms with E-state index in [1.54, 1.807) is 18.2 Å². The van der Waals surface area contributed by atoms with Crippen molar-refractivity contribution in [2.45, 2.75) is 33.8 Å². The summed E-state index contributed by atoms with van der Waals surface area (Å²) in [6, 6.07) is 7.46. The first kappa shape index (κ1) is 22.2. The predicted molar refractivity (Wildman–Crippen MR) is 118 cm³/mol. The van der Waals surface area contributed by atoms with Gasteiger partial charge in [-0.1, -0.05) is 17.7 Å². The molecule has 0 aliphatic carbocycles. The Morgan fingerprint density at radius 2 is 1.74 bits per heavy atom. The number of aryl methyl sites for hydroxylation is 3. The fourth-order valence-electron chi connectivity index (χ4n) is 3.42. The van der Waals surface area contributed by atoms with Crippen LogP contribution in [-0.4, -0.2) is 38.3 Å². The highest BCUT2D eigenvalue weighted by atomic mass is 16.6. The van der Waals surface area contributed by atoms with Crippen LogP contribution in [0.1, 0.15) is 29.2 Å². The summed E-state index contributed by atoms with van der Waals surface area (Å²) >= 11 is 0. The Morgan fingerprint density at radius 3 is 2.42 bits per heavy atom. The zero-order valence-electron chi connectivity index (χ0n) is 18.4. The van der Waals surface area contributed by atoms with Crippen molar-refractivity contribution in [3.05, 3.63) is 52.6 Å². The average Bonchev–Trinajstić information content (AvgIpc) is 2.73. The van der Waals surface area contributed by atoms with Crippen molar-refractivity contribution in [2.24, 2.45) is 0 Å². The van der Waals surface area contributed by atoms with E-state index in [1.165, 1.54) is 20.1 Å². The second kappa shape index (κ2) is 9.55. The summed E-state index contributed by atoms with van der Waals surface area (Å²) in [6.07, 6.45) is 1.88. The SMILES string of the molecule is COc1cc(/C=C/C(=O)O[C@H](C)C(=O)Nc2c(C)cc(C)cc2C)cc2c1OCCO2. The summed E-state index contributed by atoms with van der Waals surface area (Å²) in [5.41, 5.74) is 4.44. The first-order chi connectivity index (χ1) is 14.8. The molecule has 2 aromatic carbocycles. The van der Waals surface area contributed by atoms with Crippen molar-refractivity contribution in [3.8, 4) is 17.2 Å². The molecule has 0 radical (unpaired) electrons. The lowest BCUT2D eigenvalue weighted by atomic mass is 10.0. The zero-order chi connectivity index (χ0) is 22.5. The summed E-state index contributed by atoms with van der Waals surface area (Å²) in [5.74, 6) is 0.587. The highest BCUT2D eigenvalue weighted by Gasteiger charge is 2.20. The van der Waals surface area contributed by atoms with Gasteiger partial charge in [-0.25, -0.2) is 4.79 Å². The van der Waals surface area contributed by atoms with Crippen LogP contribution in [0, 0.1) is 20.8 Å².